The molecular weight excluding hydrogens is 432 g/mol. The van der Waals surface area contributed by atoms with Crippen molar-refractivity contribution in [2.45, 2.75) is 25.5 Å². The van der Waals surface area contributed by atoms with E-state index in [4.69, 9.17) is 13.7 Å². The minimum atomic E-state index is -3.54. The Morgan fingerprint density at radius 1 is 1.09 bits per heavy atom. The largest absolute Gasteiger partial charge is 0.467 e. The molecule has 1 aromatic heterocycles. The highest BCUT2D eigenvalue weighted by atomic mass is 32.2. The van der Waals surface area contributed by atoms with E-state index in [0.29, 0.717) is 12.2 Å². The lowest BCUT2D eigenvalue weighted by Crippen LogP contribution is -2.26. The van der Waals surface area contributed by atoms with E-state index < -0.39 is 16.2 Å². The fraction of sp³-hybridized carbons (Fsp3) is 0.348. The molecule has 0 spiro atoms. The number of hydrogen-bond donors (Lipinski definition) is 1. The van der Waals surface area contributed by atoms with Gasteiger partial charge in [-0.3, -0.25) is 0 Å². The SMILES string of the molecule is COC(=O)[C@@H](Cc1ccc(NCCCn2ccc3cc(OS(C)(=O)=O)ccc32)cc1)OC. The van der Waals surface area contributed by atoms with E-state index in [0.717, 1.165) is 47.9 Å². The smallest absolute Gasteiger partial charge is 0.335 e. The number of rotatable bonds is 11. The Balaban J connectivity index is 1.50. The Bertz CT molecular complexity index is 1150. The molecule has 0 aliphatic rings. The Hall–Kier alpha value is -3.04. The molecule has 3 rings (SSSR count). The molecule has 2 aromatic carbocycles. The summed E-state index contributed by atoms with van der Waals surface area (Å²) in [5.41, 5.74) is 3.01. The first-order valence-corrected chi connectivity index (χ1v) is 12.0. The minimum Gasteiger partial charge on any atom is -0.467 e. The Morgan fingerprint density at radius 3 is 2.50 bits per heavy atom. The average molecular weight is 461 g/mol. The van der Waals surface area contributed by atoms with E-state index in [1.807, 2.05) is 42.6 Å². The number of carbonyl (C=O) groups excluding carboxylic acids is 1. The molecule has 0 radical (unpaired) electrons. The number of nitrogens with zero attached hydrogens (tertiary/aromatic N) is 1. The van der Waals surface area contributed by atoms with E-state index in [1.165, 1.54) is 14.2 Å². The number of hydrogen-bond acceptors (Lipinski definition) is 7. The first-order chi connectivity index (χ1) is 15.3. The van der Waals surface area contributed by atoms with Crippen LogP contribution in [-0.2, 0) is 37.4 Å². The van der Waals surface area contributed by atoms with Gasteiger partial charge >= 0.3 is 16.1 Å². The number of fused-ring (bicyclic) bond motifs is 1. The van der Waals surface area contributed by atoms with Crippen molar-refractivity contribution < 1.29 is 26.9 Å². The van der Waals surface area contributed by atoms with Crippen molar-refractivity contribution in [1.29, 1.82) is 0 Å². The number of aromatic nitrogens is 1. The molecule has 0 aliphatic heterocycles. The van der Waals surface area contributed by atoms with Crippen molar-refractivity contribution >= 4 is 32.7 Å². The van der Waals surface area contributed by atoms with Crippen LogP contribution in [0.25, 0.3) is 10.9 Å². The lowest BCUT2D eigenvalue weighted by atomic mass is 10.1. The summed E-state index contributed by atoms with van der Waals surface area (Å²) >= 11 is 0. The molecule has 0 saturated heterocycles. The molecule has 0 bridgehead atoms. The molecule has 0 unspecified atom stereocenters. The number of ether oxygens (including phenoxy) is 2. The molecule has 0 fully saturated rings. The summed E-state index contributed by atoms with van der Waals surface area (Å²) in [7, 11) is -0.697. The van der Waals surface area contributed by atoms with Crippen LogP contribution in [0.3, 0.4) is 0 Å². The summed E-state index contributed by atoms with van der Waals surface area (Å²) < 4.78 is 39.6. The van der Waals surface area contributed by atoms with Gasteiger partial charge in [-0.25, -0.2) is 4.79 Å². The van der Waals surface area contributed by atoms with E-state index in [-0.39, 0.29) is 5.97 Å². The van der Waals surface area contributed by atoms with Gasteiger partial charge in [0.1, 0.15) is 5.75 Å². The van der Waals surface area contributed by atoms with Gasteiger partial charge in [-0.05, 0) is 48.4 Å². The van der Waals surface area contributed by atoms with E-state index in [1.54, 1.807) is 12.1 Å². The molecule has 3 aromatic rings. The normalized spacial score (nSPS) is 12.5. The zero-order valence-corrected chi connectivity index (χ0v) is 19.2. The molecule has 0 aliphatic carbocycles. The Labute approximate surface area is 188 Å². The molecule has 9 heteroatoms. The highest BCUT2D eigenvalue weighted by molar-refractivity contribution is 7.86. The monoisotopic (exact) mass is 460 g/mol. The average Bonchev–Trinajstić information content (AvgIpc) is 3.16. The van der Waals surface area contributed by atoms with Crippen LogP contribution in [0.4, 0.5) is 5.69 Å². The molecule has 8 nitrogen and oxygen atoms in total. The summed E-state index contributed by atoms with van der Waals surface area (Å²) in [6.45, 7) is 1.60. The maximum Gasteiger partial charge on any atom is 0.335 e. The summed E-state index contributed by atoms with van der Waals surface area (Å²) in [6.07, 6.45) is 3.77. The maximum atomic E-state index is 11.6. The van der Waals surface area contributed by atoms with Gasteiger partial charge in [0, 0.05) is 49.4 Å². The van der Waals surface area contributed by atoms with E-state index in [2.05, 4.69) is 9.88 Å². The fourth-order valence-electron chi connectivity index (χ4n) is 3.45. The lowest BCUT2D eigenvalue weighted by Gasteiger charge is -2.13. The van der Waals surface area contributed by atoms with Crippen molar-refractivity contribution in [3.8, 4) is 5.75 Å². The number of benzene rings is 2. The van der Waals surface area contributed by atoms with Crippen molar-refractivity contribution in [3.05, 3.63) is 60.3 Å². The van der Waals surface area contributed by atoms with Crippen LogP contribution in [0, 0.1) is 0 Å². The highest BCUT2D eigenvalue weighted by Crippen LogP contribution is 2.23. The van der Waals surface area contributed by atoms with Gasteiger partial charge in [0.2, 0.25) is 0 Å². The van der Waals surface area contributed by atoms with Crippen LogP contribution in [0.15, 0.2) is 54.7 Å². The second kappa shape index (κ2) is 10.5. The van der Waals surface area contributed by atoms with Gasteiger partial charge in [-0.15, -0.1) is 0 Å². The number of nitrogens with one attached hydrogen (secondary N) is 1. The summed E-state index contributed by atoms with van der Waals surface area (Å²) in [5.74, 6) is -0.0716. The van der Waals surface area contributed by atoms with E-state index >= 15 is 0 Å². The lowest BCUT2D eigenvalue weighted by molar-refractivity contribution is -0.152. The molecule has 1 N–H and O–H groups in total. The summed E-state index contributed by atoms with van der Waals surface area (Å²) in [6, 6.07) is 15.1. The number of aryl methyl sites for hydroxylation is 1. The number of anilines is 1. The third-order valence-electron chi connectivity index (χ3n) is 5.02. The quantitative estimate of drug-likeness (QED) is 0.267. The number of carbonyl (C=O) groups is 1. The number of esters is 1. The zero-order chi connectivity index (χ0) is 23.1. The van der Waals surface area contributed by atoms with E-state index in [9.17, 15) is 13.2 Å². The number of methoxy groups -OCH3 is 2. The molecule has 1 heterocycles. The van der Waals surface area contributed by atoms with Gasteiger partial charge in [-0.2, -0.15) is 8.42 Å². The van der Waals surface area contributed by atoms with Gasteiger partial charge in [-0.1, -0.05) is 12.1 Å². The molecular formula is C23H28N2O6S. The van der Waals surface area contributed by atoms with Gasteiger partial charge in [0.05, 0.1) is 13.4 Å². The molecule has 32 heavy (non-hydrogen) atoms. The van der Waals surface area contributed by atoms with Gasteiger partial charge < -0.3 is 23.5 Å². The van der Waals surface area contributed by atoms with Gasteiger partial charge in [0.15, 0.2) is 6.10 Å². The van der Waals surface area contributed by atoms with Gasteiger partial charge in [0.25, 0.3) is 0 Å². The zero-order valence-electron chi connectivity index (χ0n) is 18.4. The third-order valence-corrected chi connectivity index (χ3v) is 5.51. The maximum absolute atomic E-state index is 11.6. The fourth-order valence-corrected chi connectivity index (χ4v) is 3.90. The first kappa shape index (κ1) is 23.6. The van der Waals surface area contributed by atoms with Crippen molar-refractivity contribution in [2.75, 3.05) is 32.3 Å². The van der Waals surface area contributed by atoms with Crippen LogP contribution in [0.2, 0.25) is 0 Å². The highest BCUT2D eigenvalue weighted by Gasteiger charge is 2.18. The van der Waals surface area contributed by atoms with Crippen molar-refractivity contribution in [1.82, 2.24) is 4.57 Å². The summed E-state index contributed by atoms with van der Waals surface area (Å²) in [5, 5.41) is 4.32. The Morgan fingerprint density at radius 2 is 1.84 bits per heavy atom. The molecule has 0 saturated carbocycles. The molecule has 0 amide bonds. The van der Waals surface area contributed by atoms with Crippen molar-refractivity contribution in [2.24, 2.45) is 0 Å². The van der Waals surface area contributed by atoms with Crippen LogP contribution < -0.4 is 9.50 Å². The Kier molecular flexibility index (Phi) is 7.76. The minimum absolute atomic E-state index is 0.311. The topological polar surface area (TPSA) is 95.9 Å². The molecule has 172 valence electrons. The van der Waals surface area contributed by atoms with Crippen LogP contribution in [0.1, 0.15) is 12.0 Å². The second-order valence-corrected chi connectivity index (χ2v) is 9.02. The molecule has 1 atom stereocenters. The van der Waals surface area contributed by atoms with Crippen LogP contribution in [0.5, 0.6) is 5.75 Å². The van der Waals surface area contributed by atoms with Crippen LogP contribution in [-0.4, -0.2) is 52.1 Å². The summed E-state index contributed by atoms with van der Waals surface area (Å²) in [4.78, 5) is 11.6. The predicted octanol–water partition coefficient (Wildman–Crippen LogP) is 3.21. The van der Waals surface area contributed by atoms with Crippen molar-refractivity contribution in [3.63, 3.8) is 0 Å². The standard InChI is InChI=1S/C23H28N2O6S/c1-29-22(23(26)30-2)15-17-5-7-19(8-6-17)24-12-4-13-25-14-11-18-16-20(9-10-21(18)25)31-32(3,27)28/h5-11,14,16,22,24H,4,12-13,15H2,1-3H3/t22-/m1/s1. The van der Waals surface area contributed by atoms with Crippen LogP contribution >= 0.6 is 0 Å². The predicted molar refractivity (Wildman–Crippen MR) is 123 cm³/mol. The second-order valence-electron chi connectivity index (χ2n) is 7.45. The first-order valence-electron chi connectivity index (χ1n) is 10.2. The third kappa shape index (κ3) is 6.48.